The van der Waals surface area contributed by atoms with Crippen LogP contribution in [0.5, 0.6) is 0 Å². The first-order valence-electron chi connectivity index (χ1n) is 7.14. The Morgan fingerprint density at radius 1 is 1.50 bits per heavy atom. The van der Waals surface area contributed by atoms with E-state index in [0.717, 1.165) is 54.9 Å². The van der Waals surface area contributed by atoms with Gasteiger partial charge in [-0.25, -0.2) is 0 Å². The Bertz CT molecular complexity index is 456. The van der Waals surface area contributed by atoms with E-state index in [1.54, 1.807) is 7.11 Å². The van der Waals surface area contributed by atoms with Gasteiger partial charge in [0, 0.05) is 52.2 Å². The Kier molecular flexibility index (Phi) is 5.23. The molecular weight excluding hydrogens is 322 g/mol. The van der Waals surface area contributed by atoms with Crippen molar-refractivity contribution in [1.82, 2.24) is 9.78 Å². The molecule has 20 heavy (non-hydrogen) atoms. The number of nitrogens with zero attached hydrogens (tertiary/aromatic N) is 2. The molecule has 1 fully saturated rings. The van der Waals surface area contributed by atoms with E-state index >= 15 is 0 Å². The van der Waals surface area contributed by atoms with Crippen molar-refractivity contribution in [1.29, 1.82) is 0 Å². The molecular formula is C14H24BrN3O2. The largest absolute Gasteiger partial charge is 0.381 e. The number of methoxy groups -OCH3 is 1. The minimum atomic E-state index is -0.283. The van der Waals surface area contributed by atoms with Gasteiger partial charge >= 0.3 is 0 Å². The van der Waals surface area contributed by atoms with Gasteiger partial charge in [-0.3, -0.25) is 4.68 Å². The van der Waals surface area contributed by atoms with E-state index in [9.17, 15) is 0 Å². The molecule has 0 aromatic carbocycles. The summed E-state index contributed by atoms with van der Waals surface area (Å²) in [6, 6.07) is -0.0610. The number of hydrogen-bond acceptors (Lipinski definition) is 4. The summed E-state index contributed by atoms with van der Waals surface area (Å²) in [5.41, 5.74) is 8.36. The minimum Gasteiger partial charge on any atom is -0.381 e. The van der Waals surface area contributed by atoms with Crippen LogP contribution < -0.4 is 5.73 Å². The predicted octanol–water partition coefficient (Wildman–Crippen LogP) is 2.04. The van der Waals surface area contributed by atoms with E-state index in [-0.39, 0.29) is 11.6 Å². The fraction of sp³-hybridized carbons (Fsp3) is 0.786. The Morgan fingerprint density at radius 2 is 2.15 bits per heavy atom. The summed E-state index contributed by atoms with van der Waals surface area (Å²) in [7, 11) is 1.75. The number of aromatic nitrogens is 2. The molecule has 2 rings (SSSR count). The maximum atomic E-state index is 6.49. The molecule has 1 unspecified atom stereocenters. The number of hydrogen-bond donors (Lipinski definition) is 1. The van der Waals surface area contributed by atoms with Crippen LogP contribution in [0.15, 0.2) is 4.47 Å². The van der Waals surface area contributed by atoms with Crippen molar-refractivity contribution in [2.45, 2.75) is 51.3 Å². The highest BCUT2D eigenvalue weighted by Gasteiger charge is 2.39. The fourth-order valence-corrected chi connectivity index (χ4v) is 3.35. The van der Waals surface area contributed by atoms with Gasteiger partial charge < -0.3 is 15.2 Å². The highest BCUT2D eigenvalue weighted by Crippen LogP contribution is 2.31. The molecule has 1 aromatic rings. The van der Waals surface area contributed by atoms with Gasteiger partial charge in [0.15, 0.2) is 0 Å². The molecule has 1 aliphatic rings. The van der Waals surface area contributed by atoms with Crippen molar-refractivity contribution >= 4 is 15.9 Å². The van der Waals surface area contributed by atoms with Crippen molar-refractivity contribution in [3.8, 4) is 0 Å². The molecule has 0 saturated carbocycles. The Hall–Kier alpha value is -0.430. The predicted molar refractivity (Wildman–Crippen MR) is 81.8 cm³/mol. The second-order valence-corrected chi connectivity index (χ2v) is 6.15. The van der Waals surface area contributed by atoms with Crippen LogP contribution in [0.4, 0.5) is 0 Å². The standard InChI is InChI=1S/C14H24BrN3O2/c1-4-18-11(13(15)10(2)17-18)9-12(16)14(19-3)5-7-20-8-6-14/h12H,4-9,16H2,1-3H3. The van der Waals surface area contributed by atoms with Crippen LogP contribution in [0.2, 0.25) is 0 Å². The smallest absolute Gasteiger partial charge is 0.0876 e. The lowest BCUT2D eigenvalue weighted by molar-refractivity contribution is -0.104. The maximum absolute atomic E-state index is 6.49. The molecule has 2 heterocycles. The van der Waals surface area contributed by atoms with Crippen LogP contribution in [-0.2, 0) is 22.4 Å². The third-order valence-electron chi connectivity index (χ3n) is 4.29. The van der Waals surface area contributed by atoms with E-state index in [1.807, 2.05) is 11.6 Å². The van der Waals surface area contributed by atoms with Crippen molar-refractivity contribution in [2.24, 2.45) is 5.73 Å². The maximum Gasteiger partial charge on any atom is 0.0876 e. The fourth-order valence-electron chi connectivity index (χ4n) is 2.90. The van der Waals surface area contributed by atoms with Gasteiger partial charge in [-0.05, 0) is 29.8 Å². The van der Waals surface area contributed by atoms with Gasteiger partial charge in [-0.2, -0.15) is 5.10 Å². The Labute approximate surface area is 128 Å². The zero-order valence-corrected chi connectivity index (χ0v) is 14.1. The van der Waals surface area contributed by atoms with E-state index in [4.69, 9.17) is 15.2 Å². The minimum absolute atomic E-state index is 0.0610. The highest BCUT2D eigenvalue weighted by molar-refractivity contribution is 9.10. The third kappa shape index (κ3) is 2.93. The summed E-state index contributed by atoms with van der Waals surface area (Å²) < 4.78 is 14.3. The van der Waals surface area contributed by atoms with Crippen LogP contribution >= 0.6 is 15.9 Å². The highest BCUT2D eigenvalue weighted by atomic mass is 79.9. The van der Waals surface area contributed by atoms with Crippen LogP contribution in [0, 0.1) is 6.92 Å². The Balaban J connectivity index is 2.20. The van der Waals surface area contributed by atoms with Crippen molar-refractivity contribution < 1.29 is 9.47 Å². The van der Waals surface area contributed by atoms with Crippen LogP contribution in [0.1, 0.15) is 31.2 Å². The molecule has 1 aromatic heterocycles. The number of rotatable bonds is 5. The van der Waals surface area contributed by atoms with Crippen molar-refractivity contribution in [3.63, 3.8) is 0 Å². The quantitative estimate of drug-likeness (QED) is 0.886. The molecule has 0 radical (unpaired) electrons. The lowest BCUT2D eigenvalue weighted by atomic mass is 9.84. The second-order valence-electron chi connectivity index (χ2n) is 5.35. The molecule has 2 N–H and O–H groups in total. The van der Waals surface area contributed by atoms with E-state index in [0.29, 0.717) is 0 Å². The van der Waals surface area contributed by atoms with Gasteiger partial charge in [-0.15, -0.1) is 0 Å². The van der Waals surface area contributed by atoms with Gasteiger partial charge in [-0.1, -0.05) is 0 Å². The second kappa shape index (κ2) is 6.56. The van der Waals surface area contributed by atoms with E-state index < -0.39 is 0 Å². The number of nitrogens with two attached hydrogens (primary N) is 1. The number of halogens is 1. The summed E-state index contributed by atoms with van der Waals surface area (Å²) >= 11 is 3.63. The molecule has 0 amide bonds. The molecule has 1 aliphatic heterocycles. The first-order valence-corrected chi connectivity index (χ1v) is 7.93. The summed E-state index contributed by atoms with van der Waals surface area (Å²) in [4.78, 5) is 0. The van der Waals surface area contributed by atoms with Crippen molar-refractivity contribution in [3.05, 3.63) is 15.9 Å². The number of aryl methyl sites for hydroxylation is 2. The van der Waals surface area contributed by atoms with Crippen LogP contribution in [-0.4, -0.2) is 41.7 Å². The van der Waals surface area contributed by atoms with Crippen LogP contribution in [0.25, 0.3) is 0 Å². The molecule has 1 saturated heterocycles. The lowest BCUT2D eigenvalue weighted by Crippen LogP contribution is -2.54. The monoisotopic (exact) mass is 345 g/mol. The third-order valence-corrected chi connectivity index (χ3v) is 5.32. The van der Waals surface area contributed by atoms with E-state index in [1.165, 1.54) is 0 Å². The lowest BCUT2D eigenvalue weighted by Gasteiger charge is -2.40. The van der Waals surface area contributed by atoms with Crippen LogP contribution in [0.3, 0.4) is 0 Å². The number of ether oxygens (including phenoxy) is 2. The topological polar surface area (TPSA) is 62.3 Å². The molecule has 114 valence electrons. The molecule has 5 nitrogen and oxygen atoms in total. The summed E-state index contributed by atoms with van der Waals surface area (Å²) in [5.74, 6) is 0. The first kappa shape index (κ1) is 15.9. The molecule has 0 bridgehead atoms. The van der Waals surface area contributed by atoms with Crippen molar-refractivity contribution in [2.75, 3.05) is 20.3 Å². The normalized spacial score (nSPS) is 20.1. The molecule has 6 heteroatoms. The SMILES string of the molecule is CCn1nc(C)c(Br)c1CC(N)C1(OC)CCOCC1. The summed E-state index contributed by atoms with van der Waals surface area (Å²) in [6.07, 6.45) is 2.45. The molecule has 0 spiro atoms. The average Bonchev–Trinajstić information content (AvgIpc) is 2.75. The molecule has 1 atom stereocenters. The van der Waals surface area contributed by atoms with Gasteiger partial charge in [0.05, 0.1) is 21.5 Å². The summed E-state index contributed by atoms with van der Waals surface area (Å²) in [5, 5.41) is 4.52. The van der Waals surface area contributed by atoms with E-state index in [2.05, 4.69) is 28.0 Å². The summed E-state index contributed by atoms with van der Waals surface area (Å²) in [6.45, 7) is 6.38. The molecule has 0 aliphatic carbocycles. The zero-order valence-electron chi connectivity index (χ0n) is 12.5. The van der Waals surface area contributed by atoms with Gasteiger partial charge in [0.25, 0.3) is 0 Å². The Morgan fingerprint density at radius 3 is 2.70 bits per heavy atom. The zero-order chi connectivity index (χ0) is 14.8. The van der Waals surface area contributed by atoms with Gasteiger partial charge in [0.1, 0.15) is 0 Å². The first-order chi connectivity index (χ1) is 9.54. The van der Waals surface area contributed by atoms with Gasteiger partial charge in [0.2, 0.25) is 0 Å². The average molecular weight is 346 g/mol.